The minimum atomic E-state index is -3.97. The molecule has 0 aliphatic heterocycles. The highest BCUT2D eigenvalue weighted by Gasteiger charge is 2.27. The molecule has 4 rings (SSSR count). The van der Waals surface area contributed by atoms with Crippen LogP contribution in [0.25, 0.3) is 10.2 Å². The second-order valence-electron chi connectivity index (χ2n) is 8.22. The first kappa shape index (κ1) is 23.7. The standard InChI is InChI=1S/C25H25N3O4S2/c1-17(2)28-22-14-11-19(15-23(22)33-25(28)30)26-24(29)16-27(20-12-9-18(3)10-13-20)34(31,32)21-7-5-4-6-8-21/h4-15,17H,16H2,1-3H3,(H,26,29). The van der Waals surface area contributed by atoms with Crippen molar-refractivity contribution in [2.24, 2.45) is 0 Å². The summed E-state index contributed by atoms with van der Waals surface area (Å²) in [5.41, 5.74) is 2.67. The van der Waals surface area contributed by atoms with E-state index in [0.717, 1.165) is 31.4 Å². The number of rotatable bonds is 7. The number of thiazole rings is 1. The molecule has 34 heavy (non-hydrogen) atoms. The monoisotopic (exact) mass is 495 g/mol. The lowest BCUT2D eigenvalue weighted by molar-refractivity contribution is -0.114. The number of nitrogens with zero attached hydrogens (tertiary/aromatic N) is 2. The molecule has 9 heteroatoms. The molecule has 176 valence electrons. The molecule has 3 aromatic carbocycles. The fourth-order valence-corrected chi connectivity index (χ4v) is 6.17. The predicted molar refractivity (Wildman–Crippen MR) is 137 cm³/mol. The number of amides is 1. The molecular weight excluding hydrogens is 470 g/mol. The van der Waals surface area contributed by atoms with Crippen LogP contribution in [-0.2, 0) is 14.8 Å². The van der Waals surface area contributed by atoms with E-state index in [1.54, 1.807) is 65.2 Å². The number of sulfonamides is 1. The van der Waals surface area contributed by atoms with Crippen LogP contribution in [0.2, 0.25) is 0 Å². The maximum atomic E-state index is 13.4. The first-order valence-corrected chi connectivity index (χ1v) is 13.0. The number of aryl methyl sites for hydroxylation is 1. The topological polar surface area (TPSA) is 88.5 Å². The number of carbonyl (C=O) groups is 1. The van der Waals surface area contributed by atoms with Gasteiger partial charge in [-0.3, -0.25) is 18.5 Å². The zero-order valence-corrected chi connectivity index (χ0v) is 20.7. The summed E-state index contributed by atoms with van der Waals surface area (Å²) in [6.07, 6.45) is 0. The number of carbonyl (C=O) groups excluding carboxylic acids is 1. The molecule has 0 radical (unpaired) electrons. The summed E-state index contributed by atoms with van der Waals surface area (Å²) in [4.78, 5) is 25.3. The molecular formula is C25H25N3O4S2. The molecule has 0 bridgehead atoms. The van der Waals surface area contributed by atoms with Gasteiger partial charge in [0.05, 0.1) is 20.8 Å². The van der Waals surface area contributed by atoms with Gasteiger partial charge < -0.3 is 5.32 Å². The van der Waals surface area contributed by atoms with E-state index in [1.165, 1.54) is 12.1 Å². The number of anilines is 2. The van der Waals surface area contributed by atoms with Crippen LogP contribution in [0.4, 0.5) is 11.4 Å². The van der Waals surface area contributed by atoms with E-state index < -0.39 is 22.5 Å². The molecule has 1 N–H and O–H groups in total. The van der Waals surface area contributed by atoms with E-state index in [9.17, 15) is 18.0 Å². The highest BCUT2D eigenvalue weighted by molar-refractivity contribution is 7.92. The van der Waals surface area contributed by atoms with Gasteiger partial charge in [0.2, 0.25) is 5.91 Å². The Balaban J connectivity index is 1.63. The largest absolute Gasteiger partial charge is 0.324 e. The van der Waals surface area contributed by atoms with Crippen molar-refractivity contribution in [3.63, 3.8) is 0 Å². The van der Waals surface area contributed by atoms with Gasteiger partial charge in [0.1, 0.15) is 6.54 Å². The van der Waals surface area contributed by atoms with Crippen LogP contribution >= 0.6 is 11.3 Å². The summed E-state index contributed by atoms with van der Waals surface area (Å²) >= 11 is 1.11. The minimum Gasteiger partial charge on any atom is -0.324 e. The number of hydrogen-bond donors (Lipinski definition) is 1. The van der Waals surface area contributed by atoms with E-state index in [2.05, 4.69) is 5.32 Å². The Hall–Kier alpha value is -3.43. The van der Waals surface area contributed by atoms with Crippen molar-refractivity contribution in [3.05, 3.63) is 88.0 Å². The second kappa shape index (κ2) is 9.44. The van der Waals surface area contributed by atoms with Crippen molar-refractivity contribution in [2.75, 3.05) is 16.2 Å². The first-order valence-electron chi connectivity index (χ1n) is 10.8. The molecule has 1 aromatic heterocycles. The average molecular weight is 496 g/mol. The van der Waals surface area contributed by atoms with E-state index in [0.29, 0.717) is 11.4 Å². The summed E-state index contributed by atoms with van der Waals surface area (Å²) in [5, 5.41) is 2.78. The van der Waals surface area contributed by atoms with Gasteiger partial charge in [-0.05, 0) is 63.2 Å². The van der Waals surface area contributed by atoms with Gasteiger partial charge in [-0.2, -0.15) is 0 Å². The molecule has 4 aromatic rings. The molecule has 0 aliphatic carbocycles. The van der Waals surface area contributed by atoms with Crippen molar-refractivity contribution in [3.8, 4) is 0 Å². The van der Waals surface area contributed by atoms with E-state index in [-0.39, 0.29) is 15.8 Å². The third-order valence-corrected chi connectivity index (χ3v) is 8.06. The Labute approximate surface area is 202 Å². The van der Waals surface area contributed by atoms with E-state index in [4.69, 9.17) is 0 Å². The van der Waals surface area contributed by atoms with Crippen molar-refractivity contribution in [1.82, 2.24) is 4.57 Å². The molecule has 0 fully saturated rings. The highest BCUT2D eigenvalue weighted by atomic mass is 32.2. The van der Waals surface area contributed by atoms with E-state index >= 15 is 0 Å². The zero-order chi connectivity index (χ0) is 24.5. The predicted octanol–water partition coefficient (Wildman–Crippen LogP) is 4.79. The maximum Gasteiger partial charge on any atom is 0.308 e. The fraction of sp³-hybridized carbons (Fsp3) is 0.200. The molecule has 0 spiro atoms. The zero-order valence-electron chi connectivity index (χ0n) is 19.1. The maximum absolute atomic E-state index is 13.4. The molecule has 0 atom stereocenters. The third-order valence-electron chi connectivity index (χ3n) is 5.35. The fourth-order valence-electron chi connectivity index (χ4n) is 3.68. The summed E-state index contributed by atoms with van der Waals surface area (Å²) < 4.78 is 30.3. The van der Waals surface area contributed by atoms with Crippen LogP contribution in [-0.4, -0.2) is 25.4 Å². The van der Waals surface area contributed by atoms with Crippen LogP contribution < -0.4 is 14.5 Å². The number of benzene rings is 3. The molecule has 7 nitrogen and oxygen atoms in total. The lowest BCUT2D eigenvalue weighted by Gasteiger charge is -2.24. The van der Waals surface area contributed by atoms with Gasteiger partial charge in [0, 0.05) is 11.7 Å². The molecule has 1 amide bonds. The van der Waals surface area contributed by atoms with Crippen LogP contribution in [0.15, 0.2) is 82.5 Å². The van der Waals surface area contributed by atoms with Gasteiger partial charge >= 0.3 is 4.87 Å². The van der Waals surface area contributed by atoms with Gasteiger partial charge in [0.25, 0.3) is 10.0 Å². The summed E-state index contributed by atoms with van der Waals surface area (Å²) in [6, 6.07) is 20.3. The second-order valence-corrected chi connectivity index (χ2v) is 11.1. The Bertz CT molecular complexity index is 1490. The lowest BCUT2D eigenvalue weighted by atomic mass is 10.2. The van der Waals surface area contributed by atoms with Crippen LogP contribution in [0, 0.1) is 6.92 Å². The van der Waals surface area contributed by atoms with Gasteiger partial charge in [0.15, 0.2) is 0 Å². The molecule has 0 unspecified atom stereocenters. The molecule has 0 saturated carbocycles. The quantitative estimate of drug-likeness (QED) is 0.399. The molecule has 0 aliphatic rings. The number of fused-ring (bicyclic) bond motifs is 1. The van der Waals surface area contributed by atoms with Gasteiger partial charge in [-0.25, -0.2) is 8.42 Å². The molecule has 1 heterocycles. The number of aromatic nitrogens is 1. The van der Waals surface area contributed by atoms with Crippen molar-refractivity contribution < 1.29 is 13.2 Å². The number of nitrogens with one attached hydrogen (secondary N) is 1. The summed E-state index contributed by atoms with van der Waals surface area (Å²) in [7, 11) is -3.97. The highest BCUT2D eigenvalue weighted by Crippen LogP contribution is 2.26. The third kappa shape index (κ3) is 4.76. The lowest BCUT2D eigenvalue weighted by Crippen LogP contribution is -2.38. The van der Waals surface area contributed by atoms with Crippen molar-refractivity contribution in [1.29, 1.82) is 0 Å². The van der Waals surface area contributed by atoms with Crippen LogP contribution in [0.1, 0.15) is 25.5 Å². The Morgan fingerprint density at radius 1 is 1.03 bits per heavy atom. The SMILES string of the molecule is Cc1ccc(N(CC(=O)Nc2ccc3c(c2)sc(=O)n3C(C)C)S(=O)(=O)c2ccccc2)cc1. The minimum absolute atomic E-state index is 0.0213. The first-order chi connectivity index (χ1) is 16.2. The Kier molecular flexibility index (Phi) is 6.58. The Morgan fingerprint density at radius 2 is 1.71 bits per heavy atom. The van der Waals surface area contributed by atoms with Crippen LogP contribution in [0.5, 0.6) is 0 Å². The summed E-state index contributed by atoms with van der Waals surface area (Å²) in [5.74, 6) is -0.491. The van der Waals surface area contributed by atoms with Crippen LogP contribution in [0.3, 0.4) is 0 Å². The Morgan fingerprint density at radius 3 is 2.35 bits per heavy atom. The van der Waals surface area contributed by atoms with Gasteiger partial charge in [-0.15, -0.1) is 0 Å². The normalized spacial score (nSPS) is 11.6. The number of hydrogen-bond acceptors (Lipinski definition) is 5. The molecule has 0 saturated heterocycles. The van der Waals surface area contributed by atoms with Crippen molar-refractivity contribution >= 4 is 48.9 Å². The average Bonchev–Trinajstić information content (AvgIpc) is 3.14. The van der Waals surface area contributed by atoms with E-state index in [1.807, 2.05) is 20.8 Å². The van der Waals surface area contributed by atoms with Gasteiger partial charge in [-0.1, -0.05) is 47.2 Å². The summed E-state index contributed by atoms with van der Waals surface area (Å²) in [6.45, 7) is 5.39. The van der Waals surface area contributed by atoms with Crippen molar-refractivity contribution in [2.45, 2.75) is 31.7 Å². The smallest absolute Gasteiger partial charge is 0.308 e.